The molecule has 0 amide bonds. The first-order chi connectivity index (χ1) is 9.17. The molecule has 2 rings (SSSR count). The highest BCUT2D eigenvalue weighted by Crippen LogP contribution is 2.36. The van der Waals surface area contributed by atoms with Crippen molar-refractivity contribution in [3.63, 3.8) is 0 Å². The number of aryl methyl sites for hydroxylation is 2. The minimum absolute atomic E-state index is 0.201. The topological polar surface area (TPSA) is 47.3 Å². The standard InChI is InChI=1S/C16H26N2O/c1-4-19-16(13-8-9-13)15(18-17)10-14-11(2)6-5-7-12(14)3/h5-7,13,15-16,18H,4,8-10,17H2,1-3H3. The summed E-state index contributed by atoms with van der Waals surface area (Å²) in [5, 5.41) is 0. The first kappa shape index (κ1) is 14.5. The number of hydrogen-bond donors (Lipinski definition) is 2. The van der Waals surface area contributed by atoms with E-state index in [0.29, 0.717) is 5.92 Å². The summed E-state index contributed by atoms with van der Waals surface area (Å²) in [6, 6.07) is 6.65. The molecule has 0 aliphatic heterocycles. The predicted molar refractivity (Wildman–Crippen MR) is 78.9 cm³/mol. The number of nitrogens with two attached hydrogens (primary N) is 1. The molecule has 0 aromatic heterocycles. The summed E-state index contributed by atoms with van der Waals surface area (Å²) in [6.07, 6.45) is 3.73. The molecule has 1 aromatic carbocycles. The van der Waals surface area contributed by atoms with Crippen LogP contribution < -0.4 is 11.3 Å². The molecule has 2 atom stereocenters. The van der Waals surface area contributed by atoms with Crippen LogP contribution in [0.5, 0.6) is 0 Å². The maximum atomic E-state index is 5.93. The van der Waals surface area contributed by atoms with Gasteiger partial charge in [-0.25, -0.2) is 0 Å². The minimum atomic E-state index is 0.201. The van der Waals surface area contributed by atoms with Crippen LogP contribution in [0.3, 0.4) is 0 Å². The number of hydrogen-bond acceptors (Lipinski definition) is 3. The van der Waals surface area contributed by atoms with Crippen molar-refractivity contribution in [2.24, 2.45) is 11.8 Å². The Kier molecular flexibility index (Phi) is 4.97. The Morgan fingerprint density at radius 2 is 1.95 bits per heavy atom. The van der Waals surface area contributed by atoms with Crippen LogP contribution in [0.15, 0.2) is 18.2 Å². The highest BCUT2D eigenvalue weighted by atomic mass is 16.5. The van der Waals surface area contributed by atoms with E-state index in [1.54, 1.807) is 0 Å². The lowest BCUT2D eigenvalue weighted by Gasteiger charge is -2.27. The van der Waals surface area contributed by atoms with Gasteiger partial charge in [0.15, 0.2) is 0 Å². The molecule has 3 heteroatoms. The molecule has 3 nitrogen and oxygen atoms in total. The molecule has 1 saturated carbocycles. The van der Waals surface area contributed by atoms with E-state index in [1.807, 2.05) is 0 Å². The molecule has 1 aliphatic carbocycles. The van der Waals surface area contributed by atoms with Crippen LogP contribution >= 0.6 is 0 Å². The van der Waals surface area contributed by atoms with Gasteiger partial charge >= 0.3 is 0 Å². The summed E-state index contributed by atoms with van der Waals surface area (Å²) in [5.41, 5.74) is 7.06. The SMILES string of the molecule is CCOC(C1CC1)C(Cc1c(C)cccc1C)NN. The average molecular weight is 262 g/mol. The van der Waals surface area contributed by atoms with Gasteiger partial charge in [0.2, 0.25) is 0 Å². The van der Waals surface area contributed by atoms with E-state index < -0.39 is 0 Å². The average Bonchev–Trinajstić information content (AvgIpc) is 3.21. The fraction of sp³-hybridized carbons (Fsp3) is 0.625. The molecule has 0 radical (unpaired) electrons. The first-order valence-electron chi connectivity index (χ1n) is 7.30. The van der Waals surface area contributed by atoms with E-state index in [-0.39, 0.29) is 12.1 Å². The Hall–Kier alpha value is -0.900. The third-order valence-electron chi connectivity index (χ3n) is 4.12. The number of ether oxygens (including phenoxy) is 1. The fourth-order valence-corrected chi connectivity index (χ4v) is 2.86. The Labute approximate surface area is 116 Å². The molecule has 0 spiro atoms. The maximum absolute atomic E-state index is 5.93. The van der Waals surface area contributed by atoms with Gasteiger partial charge in [-0.3, -0.25) is 11.3 Å². The van der Waals surface area contributed by atoms with Crippen LogP contribution in [0, 0.1) is 19.8 Å². The van der Waals surface area contributed by atoms with E-state index in [4.69, 9.17) is 10.6 Å². The zero-order valence-electron chi connectivity index (χ0n) is 12.3. The second-order valence-electron chi connectivity index (χ2n) is 5.61. The summed E-state index contributed by atoms with van der Waals surface area (Å²) < 4.78 is 5.93. The highest BCUT2D eigenvalue weighted by Gasteiger charge is 2.37. The Morgan fingerprint density at radius 1 is 1.32 bits per heavy atom. The first-order valence-corrected chi connectivity index (χ1v) is 7.30. The van der Waals surface area contributed by atoms with Gasteiger partial charge in [0, 0.05) is 6.61 Å². The molecule has 106 valence electrons. The molecule has 0 saturated heterocycles. The quantitative estimate of drug-likeness (QED) is 0.586. The van der Waals surface area contributed by atoms with E-state index >= 15 is 0 Å². The lowest BCUT2D eigenvalue weighted by atomic mass is 9.93. The monoisotopic (exact) mass is 262 g/mol. The van der Waals surface area contributed by atoms with Gasteiger partial charge in [-0.05, 0) is 62.6 Å². The van der Waals surface area contributed by atoms with Crippen LogP contribution in [0.4, 0.5) is 0 Å². The lowest BCUT2D eigenvalue weighted by molar-refractivity contribution is 0.0191. The smallest absolute Gasteiger partial charge is 0.0772 e. The van der Waals surface area contributed by atoms with Gasteiger partial charge in [0.1, 0.15) is 0 Å². The summed E-state index contributed by atoms with van der Waals surface area (Å²) in [4.78, 5) is 0. The van der Waals surface area contributed by atoms with Crippen molar-refractivity contribution in [3.05, 3.63) is 34.9 Å². The normalized spacial score (nSPS) is 18.3. The molecular formula is C16H26N2O. The fourth-order valence-electron chi connectivity index (χ4n) is 2.86. The number of benzene rings is 1. The van der Waals surface area contributed by atoms with Gasteiger partial charge in [-0.15, -0.1) is 0 Å². The van der Waals surface area contributed by atoms with Crippen molar-refractivity contribution in [1.29, 1.82) is 0 Å². The molecule has 1 aromatic rings. The number of nitrogens with one attached hydrogen (secondary N) is 1. The van der Waals surface area contributed by atoms with Gasteiger partial charge in [0.25, 0.3) is 0 Å². The maximum Gasteiger partial charge on any atom is 0.0772 e. The molecule has 3 N–H and O–H groups in total. The van der Waals surface area contributed by atoms with Crippen LogP contribution in [0.25, 0.3) is 0 Å². The number of rotatable bonds is 7. The van der Waals surface area contributed by atoms with E-state index in [2.05, 4.69) is 44.4 Å². The summed E-state index contributed by atoms with van der Waals surface area (Å²) in [6.45, 7) is 7.15. The van der Waals surface area contributed by atoms with Crippen molar-refractivity contribution in [1.82, 2.24) is 5.43 Å². The lowest BCUT2D eigenvalue weighted by Crippen LogP contribution is -2.48. The van der Waals surface area contributed by atoms with Gasteiger partial charge in [-0.1, -0.05) is 18.2 Å². The second kappa shape index (κ2) is 6.51. The van der Waals surface area contributed by atoms with Crippen LogP contribution in [-0.2, 0) is 11.2 Å². The van der Waals surface area contributed by atoms with Crippen molar-refractivity contribution >= 4 is 0 Å². The minimum Gasteiger partial charge on any atom is -0.377 e. The zero-order valence-corrected chi connectivity index (χ0v) is 12.3. The van der Waals surface area contributed by atoms with E-state index in [9.17, 15) is 0 Å². The summed E-state index contributed by atoms with van der Waals surface area (Å²) >= 11 is 0. The van der Waals surface area contributed by atoms with E-state index in [0.717, 1.165) is 13.0 Å². The van der Waals surface area contributed by atoms with Gasteiger partial charge < -0.3 is 4.74 Å². The van der Waals surface area contributed by atoms with Crippen LogP contribution in [0.1, 0.15) is 36.5 Å². The zero-order chi connectivity index (χ0) is 13.8. The van der Waals surface area contributed by atoms with E-state index in [1.165, 1.54) is 29.5 Å². The Balaban J connectivity index is 2.13. The summed E-state index contributed by atoms with van der Waals surface area (Å²) in [5.74, 6) is 6.47. The number of hydrazine groups is 1. The molecule has 0 bridgehead atoms. The Bertz CT molecular complexity index is 395. The largest absolute Gasteiger partial charge is 0.377 e. The molecule has 1 aliphatic rings. The van der Waals surface area contributed by atoms with Crippen molar-refractivity contribution in [2.75, 3.05) is 6.61 Å². The van der Waals surface area contributed by atoms with Crippen LogP contribution in [-0.4, -0.2) is 18.8 Å². The highest BCUT2D eigenvalue weighted by molar-refractivity contribution is 5.34. The molecule has 1 fully saturated rings. The van der Waals surface area contributed by atoms with Crippen LogP contribution in [0.2, 0.25) is 0 Å². The molecule has 19 heavy (non-hydrogen) atoms. The summed E-state index contributed by atoms with van der Waals surface area (Å²) in [7, 11) is 0. The molecule has 2 unspecified atom stereocenters. The van der Waals surface area contributed by atoms with Gasteiger partial charge in [-0.2, -0.15) is 0 Å². The second-order valence-corrected chi connectivity index (χ2v) is 5.61. The van der Waals surface area contributed by atoms with Gasteiger partial charge in [0.05, 0.1) is 12.1 Å². The predicted octanol–water partition coefficient (Wildman–Crippen LogP) is 2.49. The third kappa shape index (κ3) is 3.56. The van der Waals surface area contributed by atoms with Crippen molar-refractivity contribution < 1.29 is 4.74 Å². The molecule has 0 heterocycles. The third-order valence-corrected chi connectivity index (χ3v) is 4.12. The van der Waals surface area contributed by atoms with Crippen molar-refractivity contribution in [2.45, 2.75) is 52.2 Å². The molecular weight excluding hydrogens is 236 g/mol. The Morgan fingerprint density at radius 3 is 2.42 bits per heavy atom. The van der Waals surface area contributed by atoms with Crippen molar-refractivity contribution in [3.8, 4) is 0 Å².